The van der Waals surface area contributed by atoms with E-state index in [1.807, 2.05) is 11.8 Å². The molecule has 1 N–H and O–H groups in total. The van der Waals surface area contributed by atoms with E-state index in [1.54, 1.807) is 12.1 Å². The van der Waals surface area contributed by atoms with Crippen LogP contribution in [0.15, 0.2) is 24.3 Å². The van der Waals surface area contributed by atoms with Crippen LogP contribution >= 0.6 is 0 Å². The number of piperidine rings is 1. The van der Waals surface area contributed by atoms with Crippen molar-refractivity contribution in [1.82, 2.24) is 9.80 Å². The highest BCUT2D eigenvalue weighted by atomic mass is 19.1. The molecule has 1 unspecified atom stereocenters. The lowest BCUT2D eigenvalue weighted by Gasteiger charge is -2.35. The first-order valence-electron chi connectivity index (χ1n) is 9.04. The summed E-state index contributed by atoms with van der Waals surface area (Å²) in [7, 11) is 0. The zero-order valence-electron chi connectivity index (χ0n) is 14.3. The second kappa shape index (κ2) is 7.62. The van der Waals surface area contributed by atoms with E-state index in [0.29, 0.717) is 12.6 Å². The molecule has 4 nitrogen and oxygen atoms in total. The van der Waals surface area contributed by atoms with Crippen molar-refractivity contribution < 1.29 is 14.3 Å². The molecule has 1 aliphatic heterocycles. The van der Waals surface area contributed by atoms with E-state index in [-0.39, 0.29) is 17.6 Å². The second-order valence-electron chi connectivity index (χ2n) is 7.02. The molecule has 1 aromatic carbocycles. The number of amides is 1. The lowest BCUT2D eigenvalue weighted by Crippen LogP contribution is -2.44. The summed E-state index contributed by atoms with van der Waals surface area (Å²) in [6.45, 7) is 4.99. The second-order valence-corrected chi connectivity index (χ2v) is 7.02. The highest BCUT2D eigenvalue weighted by molar-refractivity contribution is 5.78. The molecule has 1 aliphatic carbocycles. The maximum atomic E-state index is 13.0. The molecular formula is C19H27FN2O2. The van der Waals surface area contributed by atoms with Crippen molar-refractivity contribution >= 4 is 5.91 Å². The monoisotopic (exact) mass is 334 g/mol. The molecule has 2 aliphatic rings. The number of aliphatic hydroxyl groups excluding tert-OH is 1. The Labute approximate surface area is 143 Å². The number of carbonyl (C=O) groups excluding carboxylic acids is 1. The fraction of sp³-hybridized carbons (Fsp3) is 0.632. The van der Waals surface area contributed by atoms with E-state index in [4.69, 9.17) is 0 Å². The van der Waals surface area contributed by atoms with E-state index in [9.17, 15) is 14.3 Å². The van der Waals surface area contributed by atoms with Gasteiger partial charge < -0.3 is 10.0 Å². The summed E-state index contributed by atoms with van der Waals surface area (Å²) in [4.78, 5) is 16.6. The molecule has 132 valence electrons. The van der Waals surface area contributed by atoms with Crippen LogP contribution < -0.4 is 0 Å². The third kappa shape index (κ3) is 4.14. The fourth-order valence-electron chi connectivity index (χ4n) is 3.67. The maximum absolute atomic E-state index is 13.0. The Hall–Kier alpha value is -1.46. The maximum Gasteiger partial charge on any atom is 0.236 e. The van der Waals surface area contributed by atoms with Gasteiger partial charge in [-0.1, -0.05) is 12.1 Å². The Morgan fingerprint density at radius 3 is 2.42 bits per heavy atom. The quantitative estimate of drug-likeness (QED) is 0.870. The van der Waals surface area contributed by atoms with Crippen molar-refractivity contribution in [2.45, 2.75) is 44.8 Å². The van der Waals surface area contributed by atoms with Crippen LogP contribution in [-0.2, 0) is 4.79 Å². The molecule has 1 atom stereocenters. The number of rotatable bonds is 6. The molecule has 1 aromatic rings. The summed E-state index contributed by atoms with van der Waals surface area (Å²) in [6.07, 6.45) is 3.46. The van der Waals surface area contributed by atoms with Gasteiger partial charge in [-0.05, 0) is 69.3 Å². The minimum absolute atomic E-state index is 0.174. The molecule has 1 saturated heterocycles. The Bertz CT molecular complexity index is 551. The number of likely N-dealkylation sites (tertiary alicyclic amines) is 1. The molecule has 1 heterocycles. The summed E-state index contributed by atoms with van der Waals surface area (Å²) in [5, 5.41) is 10.5. The van der Waals surface area contributed by atoms with Crippen LogP contribution in [0.5, 0.6) is 0 Å². The predicted octanol–water partition coefficient (Wildman–Crippen LogP) is 2.58. The van der Waals surface area contributed by atoms with Gasteiger partial charge in [-0.25, -0.2) is 4.39 Å². The van der Waals surface area contributed by atoms with Gasteiger partial charge >= 0.3 is 0 Å². The summed E-state index contributed by atoms with van der Waals surface area (Å²) in [5.41, 5.74) is 0.775. The molecule has 0 bridgehead atoms. The molecule has 24 heavy (non-hydrogen) atoms. The highest BCUT2D eigenvalue weighted by Crippen LogP contribution is 2.31. The van der Waals surface area contributed by atoms with Crippen LogP contribution in [-0.4, -0.2) is 53.0 Å². The molecule has 0 aromatic heterocycles. The standard InChI is InChI=1S/C19H27FN2O2/c1-2-22(17-7-8-17)18(23)13-21-11-9-15(10-12-21)19(24)14-3-5-16(20)6-4-14/h3-6,15,17,19,24H,2,7-13H2,1H3. The molecule has 2 fully saturated rings. The van der Waals surface area contributed by atoms with Crippen LogP contribution in [0.25, 0.3) is 0 Å². The van der Waals surface area contributed by atoms with Gasteiger partial charge in [0, 0.05) is 12.6 Å². The van der Waals surface area contributed by atoms with E-state index in [2.05, 4.69) is 4.90 Å². The van der Waals surface area contributed by atoms with Gasteiger partial charge in [0.25, 0.3) is 0 Å². The first kappa shape index (κ1) is 17.4. The largest absolute Gasteiger partial charge is 0.388 e. The number of likely N-dealkylation sites (N-methyl/N-ethyl adjacent to an activating group) is 1. The van der Waals surface area contributed by atoms with Crippen molar-refractivity contribution in [2.24, 2.45) is 5.92 Å². The zero-order valence-corrected chi connectivity index (χ0v) is 14.3. The number of hydrogen-bond donors (Lipinski definition) is 1. The molecule has 5 heteroatoms. The van der Waals surface area contributed by atoms with Crippen LogP contribution in [0.1, 0.15) is 44.3 Å². The van der Waals surface area contributed by atoms with Gasteiger partial charge in [-0.3, -0.25) is 9.69 Å². The van der Waals surface area contributed by atoms with Crippen LogP contribution in [0, 0.1) is 11.7 Å². The summed E-state index contributed by atoms with van der Waals surface area (Å²) in [5.74, 6) is 0.125. The first-order valence-corrected chi connectivity index (χ1v) is 9.04. The van der Waals surface area contributed by atoms with Gasteiger partial charge in [0.2, 0.25) is 5.91 Å². The van der Waals surface area contributed by atoms with Gasteiger partial charge in [0.05, 0.1) is 12.6 Å². The molecule has 3 rings (SSSR count). The lowest BCUT2D eigenvalue weighted by molar-refractivity contribution is -0.133. The average Bonchev–Trinajstić information content (AvgIpc) is 3.41. The Morgan fingerprint density at radius 1 is 1.25 bits per heavy atom. The zero-order chi connectivity index (χ0) is 17.1. The molecular weight excluding hydrogens is 307 g/mol. The van der Waals surface area contributed by atoms with Crippen LogP contribution in [0.2, 0.25) is 0 Å². The number of nitrogens with zero attached hydrogens (tertiary/aromatic N) is 2. The minimum Gasteiger partial charge on any atom is -0.388 e. The Morgan fingerprint density at radius 2 is 1.88 bits per heavy atom. The number of benzene rings is 1. The van der Waals surface area contributed by atoms with E-state index >= 15 is 0 Å². The SMILES string of the molecule is CCN(C(=O)CN1CCC(C(O)c2ccc(F)cc2)CC1)C1CC1. The molecule has 0 radical (unpaired) electrons. The highest BCUT2D eigenvalue weighted by Gasteiger charge is 2.33. The minimum atomic E-state index is -0.554. The first-order chi connectivity index (χ1) is 11.6. The third-order valence-corrected chi connectivity index (χ3v) is 5.30. The molecule has 1 saturated carbocycles. The predicted molar refractivity (Wildman–Crippen MR) is 90.9 cm³/mol. The lowest BCUT2D eigenvalue weighted by atomic mass is 9.87. The third-order valence-electron chi connectivity index (χ3n) is 5.30. The van der Waals surface area contributed by atoms with Gasteiger partial charge in [-0.2, -0.15) is 0 Å². The number of carbonyl (C=O) groups is 1. The normalized spacial score (nSPS) is 20.8. The van der Waals surface area contributed by atoms with Gasteiger partial charge in [-0.15, -0.1) is 0 Å². The topological polar surface area (TPSA) is 43.8 Å². The average molecular weight is 334 g/mol. The molecule has 0 spiro atoms. The van der Waals surface area contributed by atoms with Crippen molar-refractivity contribution in [3.8, 4) is 0 Å². The van der Waals surface area contributed by atoms with E-state index in [1.165, 1.54) is 12.1 Å². The van der Waals surface area contributed by atoms with Gasteiger partial charge in [0.1, 0.15) is 5.82 Å². The fourth-order valence-corrected chi connectivity index (χ4v) is 3.67. The number of hydrogen-bond acceptors (Lipinski definition) is 3. The Balaban J connectivity index is 1.48. The van der Waals surface area contributed by atoms with Crippen LogP contribution in [0.4, 0.5) is 4.39 Å². The van der Waals surface area contributed by atoms with Crippen molar-refractivity contribution in [3.63, 3.8) is 0 Å². The summed E-state index contributed by atoms with van der Waals surface area (Å²) >= 11 is 0. The van der Waals surface area contributed by atoms with Crippen molar-refractivity contribution in [2.75, 3.05) is 26.2 Å². The smallest absolute Gasteiger partial charge is 0.236 e. The summed E-state index contributed by atoms with van der Waals surface area (Å²) in [6, 6.07) is 6.57. The van der Waals surface area contributed by atoms with E-state index in [0.717, 1.165) is 50.9 Å². The number of aliphatic hydroxyl groups is 1. The number of halogens is 1. The summed E-state index contributed by atoms with van der Waals surface area (Å²) < 4.78 is 13.0. The van der Waals surface area contributed by atoms with Gasteiger partial charge in [0.15, 0.2) is 0 Å². The van der Waals surface area contributed by atoms with Crippen molar-refractivity contribution in [3.05, 3.63) is 35.6 Å². The van der Waals surface area contributed by atoms with Crippen molar-refractivity contribution in [1.29, 1.82) is 0 Å². The molecule has 1 amide bonds. The van der Waals surface area contributed by atoms with Crippen LogP contribution in [0.3, 0.4) is 0 Å². The van der Waals surface area contributed by atoms with E-state index < -0.39 is 6.10 Å². The Kier molecular flexibility index (Phi) is 5.51.